The second kappa shape index (κ2) is 6.58. The Morgan fingerprint density at radius 2 is 1.70 bits per heavy atom. The molecule has 0 saturated heterocycles. The van der Waals surface area contributed by atoms with Crippen LogP contribution in [0.2, 0.25) is 0 Å². The van der Waals surface area contributed by atoms with Gasteiger partial charge in [-0.2, -0.15) is 0 Å². The van der Waals surface area contributed by atoms with Gasteiger partial charge in [-0.3, -0.25) is 14.5 Å². The van der Waals surface area contributed by atoms with Crippen LogP contribution in [0, 0.1) is 5.41 Å². The molecular weight excluding hydrogens is 342 g/mol. The van der Waals surface area contributed by atoms with Gasteiger partial charge in [-0.05, 0) is 37.0 Å². The molecule has 4 rings (SSSR count). The average molecular weight is 363 g/mol. The lowest BCUT2D eigenvalue weighted by atomic mass is 9.79. The van der Waals surface area contributed by atoms with Crippen LogP contribution in [0.25, 0.3) is 11.0 Å². The molecule has 0 aliphatic heterocycles. The quantitative estimate of drug-likeness (QED) is 0.742. The number of carbonyl (C=O) groups excluding carboxylic acids is 1. The van der Waals surface area contributed by atoms with Crippen molar-refractivity contribution in [2.24, 2.45) is 5.41 Å². The van der Waals surface area contributed by atoms with E-state index < -0.39 is 11.4 Å². The van der Waals surface area contributed by atoms with Gasteiger partial charge < -0.3 is 9.52 Å². The van der Waals surface area contributed by atoms with Crippen LogP contribution in [0.1, 0.15) is 24.5 Å². The Balaban J connectivity index is 1.73. The molecule has 0 saturated carbocycles. The predicted molar refractivity (Wildman–Crippen MR) is 103 cm³/mol. The summed E-state index contributed by atoms with van der Waals surface area (Å²) in [6.45, 7) is 2.29. The number of carbonyl (C=O) groups is 2. The van der Waals surface area contributed by atoms with Crippen molar-refractivity contribution in [3.05, 3.63) is 65.7 Å². The predicted octanol–water partition coefficient (Wildman–Crippen LogP) is 4.05. The standard InChI is InChI=1S/C22H21NO4/c1-2-23(19-11-15-7-5-6-10-18(15)27-19)21(26)22(14-20(24)25)12-16-8-3-4-9-17(16)13-22/h3-11H,2,12-14H2,1H3,(H,24,25). The lowest BCUT2D eigenvalue weighted by Gasteiger charge is -2.31. The zero-order chi connectivity index (χ0) is 19.0. The molecular formula is C22H21NO4. The van der Waals surface area contributed by atoms with Gasteiger partial charge in [0.05, 0.1) is 11.8 Å². The van der Waals surface area contributed by atoms with Gasteiger partial charge in [0.15, 0.2) is 0 Å². The van der Waals surface area contributed by atoms with Crippen LogP contribution in [0.15, 0.2) is 59.0 Å². The van der Waals surface area contributed by atoms with Crippen LogP contribution in [0.5, 0.6) is 0 Å². The molecule has 0 bridgehead atoms. The summed E-state index contributed by atoms with van der Waals surface area (Å²) in [5.74, 6) is -0.691. The molecule has 0 atom stereocenters. The van der Waals surface area contributed by atoms with Gasteiger partial charge in [0.2, 0.25) is 11.8 Å². The number of hydrogen-bond acceptors (Lipinski definition) is 3. The maximum atomic E-state index is 13.6. The second-order valence-corrected chi connectivity index (χ2v) is 7.14. The van der Waals surface area contributed by atoms with E-state index in [9.17, 15) is 14.7 Å². The number of para-hydroxylation sites is 1. The summed E-state index contributed by atoms with van der Waals surface area (Å²) in [5.41, 5.74) is 1.83. The molecule has 0 radical (unpaired) electrons. The van der Waals surface area contributed by atoms with Crippen molar-refractivity contribution in [3.8, 4) is 0 Å². The van der Waals surface area contributed by atoms with Crippen LogP contribution in [0.3, 0.4) is 0 Å². The van der Waals surface area contributed by atoms with Gasteiger partial charge in [0.25, 0.3) is 0 Å². The number of carboxylic acids is 1. The van der Waals surface area contributed by atoms with Gasteiger partial charge in [-0.15, -0.1) is 0 Å². The summed E-state index contributed by atoms with van der Waals surface area (Å²) in [7, 11) is 0. The normalized spacial score (nSPS) is 14.9. The molecule has 1 aromatic heterocycles. The van der Waals surface area contributed by atoms with Crippen LogP contribution in [-0.4, -0.2) is 23.5 Å². The largest absolute Gasteiger partial charge is 0.481 e. The van der Waals surface area contributed by atoms with Crippen molar-refractivity contribution >= 4 is 28.7 Å². The highest BCUT2D eigenvalue weighted by molar-refractivity contribution is 6.00. The van der Waals surface area contributed by atoms with E-state index in [2.05, 4.69) is 0 Å². The molecule has 3 aromatic rings. The monoisotopic (exact) mass is 363 g/mol. The molecule has 1 heterocycles. The highest BCUT2D eigenvalue weighted by atomic mass is 16.4. The second-order valence-electron chi connectivity index (χ2n) is 7.14. The van der Waals surface area contributed by atoms with Crippen LogP contribution in [-0.2, 0) is 22.4 Å². The summed E-state index contributed by atoms with van der Waals surface area (Å²) in [6.07, 6.45) is 0.674. The lowest BCUT2D eigenvalue weighted by molar-refractivity contribution is -0.144. The number of fused-ring (bicyclic) bond motifs is 2. The zero-order valence-electron chi connectivity index (χ0n) is 15.1. The van der Waals surface area contributed by atoms with E-state index in [0.29, 0.717) is 30.9 Å². The molecule has 1 amide bonds. The Morgan fingerprint density at radius 3 is 2.30 bits per heavy atom. The maximum Gasteiger partial charge on any atom is 0.304 e. The summed E-state index contributed by atoms with van der Waals surface area (Å²) in [4.78, 5) is 26.8. The number of rotatable bonds is 5. The number of aliphatic carboxylic acids is 1. The molecule has 1 N–H and O–H groups in total. The highest BCUT2D eigenvalue weighted by Crippen LogP contribution is 2.42. The van der Waals surface area contributed by atoms with Gasteiger partial charge in [0, 0.05) is 18.0 Å². The number of carboxylic acid groups (broad SMARTS) is 1. The van der Waals surface area contributed by atoms with E-state index in [1.54, 1.807) is 4.90 Å². The van der Waals surface area contributed by atoms with Crippen molar-refractivity contribution in [2.45, 2.75) is 26.2 Å². The van der Waals surface area contributed by atoms with Crippen molar-refractivity contribution in [2.75, 3.05) is 11.4 Å². The Bertz CT molecular complexity index is 962. The molecule has 1 aliphatic rings. The minimum absolute atomic E-state index is 0.192. The number of furan rings is 1. The first-order valence-electron chi connectivity index (χ1n) is 9.11. The fourth-order valence-electron chi connectivity index (χ4n) is 4.12. The minimum Gasteiger partial charge on any atom is -0.481 e. The van der Waals surface area contributed by atoms with E-state index in [4.69, 9.17) is 4.42 Å². The Labute approximate surface area is 157 Å². The van der Waals surface area contributed by atoms with Crippen LogP contribution < -0.4 is 4.90 Å². The Hall–Kier alpha value is -3.08. The van der Waals surface area contributed by atoms with E-state index in [-0.39, 0.29) is 12.3 Å². The fourth-order valence-corrected chi connectivity index (χ4v) is 4.12. The molecule has 2 aromatic carbocycles. The lowest BCUT2D eigenvalue weighted by Crippen LogP contribution is -2.46. The van der Waals surface area contributed by atoms with Gasteiger partial charge in [0.1, 0.15) is 5.58 Å². The molecule has 0 spiro atoms. The molecule has 0 unspecified atom stereocenters. The first-order valence-corrected chi connectivity index (χ1v) is 9.11. The van der Waals surface area contributed by atoms with Gasteiger partial charge in [-0.1, -0.05) is 42.5 Å². The number of benzene rings is 2. The number of anilines is 1. The summed E-state index contributed by atoms with van der Waals surface area (Å²) in [5, 5.41) is 10.4. The summed E-state index contributed by atoms with van der Waals surface area (Å²) < 4.78 is 5.89. The van der Waals surface area contributed by atoms with Crippen LogP contribution in [0.4, 0.5) is 5.88 Å². The highest BCUT2D eigenvalue weighted by Gasteiger charge is 2.47. The van der Waals surface area contributed by atoms with E-state index in [1.807, 2.05) is 61.5 Å². The molecule has 1 aliphatic carbocycles. The van der Waals surface area contributed by atoms with Gasteiger partial charge >= 0.3 is 5.97 Å². The Kier molecular flexibility index (Phi) is 4.22. The van der Waals surface area contributed by atoms with Crippen molar-refractivity contribution < 1.29 is 19.1 Å². The average Bonchev–Trinajstić information content (AvgIpc) is 3.22. The molecule has 5 heteroatoms. The molecule has 0 fully saturated rings. The number of nitrogens with zero attached hydrogens (tertiary/aromatic N) is 1. The third-order valence-corrected chi connectivity index (χ3v) is 5.36. The van der Waals surface area contributed by atoms with Crippen molar-refractivity contribution in [1.29, 1.82) is 0 Å². The molecule has 5 nitrogen and oxygen atoms in total. The molecule has 27 heavy (non-hydrogen) atoms. The van der Waals surface area contributed by atoms with E-state index >= 15 is 0 Å². The van der Waals surface area contributed by atoms with Crippen molar-refractivity contribution in [3.63, 3.8) is 0 Å². The summed E-state index contributed by atoms with van der Waals surface area (Å²) in [6, 6.07) is 17.2. The van der Waals surface area contributed by atoms with E-state index in [0.717, 1.165) is 16.5 Å². The topological polar surface area (TPSA) is 70.8 Å². The minimum atomic E-state index is -0.982. The summed E-state index contributed by atoms with van der Waals surface area (Å²) >= 11 is 0. The fraction of sp³-hybridized carbons (Fsp3) is 0.273. The number of hydrogen-bond donors (Lipinski definition) is 1. The van der Waals surface area contributed by atoms with E-state index in [1.165, 1.54) is 0 Å². The third-order valence-electron chi connectivity index (χ3n) is 5.36. The third kappa shape index (κ3) is 2.99. The Morgan fingerprint density at radius 1 is 1.07 bits per heavy atom. The first kappa shape index (κ1) is 17.3. The maximum absolute atomic E-state index is 13.6. The molecule has 138 valence electrons. The smallest absolute Gasteiger partial charge is 0.304 e. The van der Waals surface area contributed by atoms with Gasteiger partial charge in [-0.25, -0.2) is 0 Å². The SMILES string of the molecule is CCN(C(=O)C1(CC(=O)O)Cc2ccccc2C1)c1cc2ccccc2o1. The van der Waals surface area contributed by atoms with Crippen LogP contribution >= 0.6 is 0 Å². The first-order chi connectivity index (χ1) is 13.0. The van der Waals surface area contributed by atoms with Crippen molar-refractivity contribution in [1.82, 2.24) is 0 Å². The number of amides is 1. The zero-order valence-corrected chi connectivity index (χ0v) is 15.1.